The van der Waals surface area contributed by atoms with E-state index < -0.39 is 23.5 Å². The summed E-state index contributed by atoms with van der Waals surface area (Å²) in [4.78, 5) is 30.2. The second kappa shape index (κ2) is 5.83. The number of ether oxygens (including phenoxy) is 1. The van der Waals surface area contributed by atoms with Gasteiger partial charge in [-0.1, -0.05) is 36.4 Å². The van der Waals surface area contributed by atoms with E-state index in [9.17, 15) is 20.0 Å². The van der Waals surface area contributed by atoms with Gasteiger partial charge in [-0.3, -0.25) is 9.68 Å². The van der Waals surface area contributed by atoms with Crippen molar-refractivity contribution in [3.8, 4) is 0 Å². The lowest BCUT2D eigenvalue weighted by Gasteiger charge is -2.37. The molecule has 1 saturated heterocycles. The highest BCUT2D eigenvalue weighted by Crippen LogP contribution is 2.57. The smallest absolute Gasteiger partial charge is 0.374 e. The van der Waals surface area contributed by atoms with Crippen LogP contribution in [0.25, 0.3) is 43.6 Å². The molecule has 0 aliphatic carbocycles. The van der Waals surface area contributed by atoms with Gasteiger partial charge >= 0.3 is 5.97 Å². The number of nitrogens with zero attached hydrogens (tertiary/aromatic N) is 2. The van der Waals surface area contributed by atoms with Crippen LogP contribution in [0.3, 0.4) is 0 Å². The van der Waals surface area contributed by atoms with Crippen molar-refractivity contribution < 1.29 is 29.6 Å². The van der Waals surface area contributed by atoms with E-state index in [0.29, 0.717) is 12.1 Å². The van der Waals surface area contributed by atoms with Crippen molar-refractivity contribution in [2.45, 2.75) is 37.4 Å². The maximum atomic E-state index is 13.2. The first-order valence-corrected chi connectivity index (χ1v) is 11.5. The standard InChI is InChI=1S/C26H19N3O6/c1-25-26(32,24(31)35-33)10-17(34-25)28-15-8-4-2-6-12(15)19-20-14(11-27-23(20)30)18-13-7-3-5-9-16(13)29(25)22(18)21(19)28/h2-9,17,32-33H,10-11H2,1H3,(H,27,30)/t17?,25-,26-/m0/s1. The lowest BCUT2D eigenvalue weighted by atomic mass is 9.89. The van der Waals surface area contributed by atoms with Gasteiger partial charge in [0.25, 0.3) is 5.91 Å². The molecular formula is C26H19N3O6. The van der Waals surface area contributed by atoms with Gasteiger partial charge in [0.2, 0.25) is 5.60 Å². The third-order valence-corrected chi connectivity index (χ3v) is 8.25. The zero-order chi connectivity index (χ0) is 23.9. The minimum Gasteiger partial charge on any atom is -0.374 e. The van der Waals surface area contributed by atoms with Gasteiger partial charge in [0.1, 0.15) is 6.23 Å². The van der Waals surface area contributed by atoms with Crippen molar-refractivity contribution in [3.05, 3.63) is 59.7 Å². The van der Waals surface area contributed by atoms with Crippen molar-refractivity contribution in [2.75, 3.05) is 0 Å². The van der Waals surface area contributed by atoms with Crippen molar-refractivity contribution in [2.24, 2.45) is 0 Å². The lowest BCUT2D eigenvalue weighted by molar-refractivity contribution is -0.267. The van der Waals surface area contributed by atoms with Crippen LogP contribution < -0.4 is 5.32 Å². The third kappa shape index (κ3) is 1.89. The molecule has 9 nitrogen and oxygen atoms in total. The molecule has 5 heterocycles. The second-order valence-electron chi connectivity index (χ2n) is 9.72. The average Bonchev–Trinajstić information content (AvgIpc) is 3.55. The maximum absolute atomic E-state index is 13.2. The molecule has 3 aliphatic rings. The van der Waals surface area contributed by atoms with Crippen LogP contribution in [0.4, 0.5) is 0 Å². The largest absolute Gasteiger partial charge is 0.378 e. The number of hydrogen-bond donors (Lipinski definition) is 3. The van der Waals surface area contributed by atoms with E-state index in [4.69, 9.17) is 4.74 Å². The summed E-state index contributed by atoms with van der Waals surface area (Å²) in [5.74, 6) is -1.30. The lowest BCUT2D eigenvalue weighted by Crippen LogP contribution is -2.56. The Bertz CT molecular complexity index is 1830. The summed E-state index contributed by atoms with van der Waals surface area (Å²) >= 11 is 0. The Kier molecular flexibility index (Phi) is 3.23. The molecule has 35 heavy (non-hydrogen) atoms. The number of rotatable bonds is 1. The summed E-state index contributed by atoms with van der Waals surface area (Å²) in [6.07, 6.45) is -0.899. The van der Waals surface area contributed by atoms with Crippen LogP contribution in [0, 0.1) is 0 Å². The summed E-state index contributed by atoms with van der Waals surface area (Å²) < 4.78 is 10.4. The van der Waals surface area contributed by atoms with Crippen LogP contribution in [0.15, 0.2) is 48.5 Å². The molecule has 0 spiro atoms. The maximum Gasteiger partial charge on any atom is 0.378 e. The van der Waals surface area contributed by atoms with Crippen LogP contribution in [0.1, 0.15) is 35.5 Å². The van der Waals surface area contributed by atoms with Crippen molar-refractivity contribution in [1.82, 2.24) is 14.5 Å². The number of hydrogen-bond acceptors (Lipinski definition) is 6. The number of nitrogens with one attached hydrogen (secondary N) is 1. The summed E-state index contributed by atoms with van der Waals surface area (Å²) in [7, 11) is 0. The van der Waals surface area contributed by atoms with E-state index in [1.54, 1.807) is 6.92 Å². The van der Waals surface area contributed by atoms with Crippen molar-refractivity contribution >= 4 is 55.5 Å². The van der Waals surface area contributed by atoms with E-state index in [1.807, 2.05) is 57.7 Å². The highest BCUT2D eigenvalue weighted by atomic mass is 17.1. The number of carbonyl (C=O) groups is 2. The highest BCUT2D eigenvalue weighted by Gasteiger charge is 2.66. The number of carbonyl (C=O) groups excluding carboxylic acids is 2. The second-order valence-corrected chi connectivity index (χ2v) is 9.72. The first kappa shape index (κ1) is 19.4. The molecule has 2 aromatic heterocycles. The SMILES string of the molecule is C[C@]12OC(C[C@]1(O)C(=O)OO)n1c3ccccc3c3c4c(c5c6ccccc6n2c5c31)CNC4=O. The summed E-state index contributed by atoms with van der Waals surface area (Å²) in [5.41, 5.74) is 0.901. The highest BCUT2D eigenvalue weighted by molar-refractivity contribution is 6.31. The Morgan fingerprint density at radius 1 is 1.09 bits per heavy atom. The van der Waals surface area contributed by atoms with Gasteiger partial charge in [-0.2, -0.15) is 5.26 Å². The number of para-hydroxylation sites is 2. The van der Waals surface area contributed by atoms with E-state index >= 15 is 0 Å². The van der Waals surface area contributed by atoms with Crippen LogP contribution in [-0.2, 0) is 26.7 Å². The molecule has 174 valence electrons. The van der Waals surface area contributed by atoms with Gasteiger partial charge < -0.3 is 24.3 Å². The minimum absolute atomic E-state index is 0.122. The number of aliphatic hydroxyl groups is 1. The van der Waals surface area contributed by atoms with Gasteiger partial charge in [-0.15, -0.1) is 0 Å². The Morgan fingerprint density at radius 3 is 2.51 bits per heavy atom. The Balaban J connectivity index is 1.73. The molecule has 3 atom stereocenters. The van der Waals surface area contributed by atoms with Crippen molar-refractivity contribution in [1.29, 1.82) is 0 Å². The molecule has 0 radical (unpaired) electrons. The fraction of sp³-hybridized carbons (Fsp3) is 0.231. The number of fused-ring (bicyclic) bond motifs is 13. The molecule has 3 aromatic carbocycles. The zero-order valence-corrected chi connectivity index (χ0v) is 18.5. The Morgan fingerprint density at radius 2 is 1.77 bits per heavy atom. The van der Waals surface area contributed by atoms with Gasteiger partial charge in [-0.05, 0) is 24.6 Å². The predicted octanol–water partition coefficient (Wildman–Crippen LogP) is 3.50. The minimum atomic E-state index is -2.18. The fourth-order valence-corrected chi connectivity index (χ4v) is 6.80. The third-order valence-electron chi connectivity index (χ3n) is 8.25. The molecule has 8 rings (SSSR count). The summed E-state index contributed by atoms with van der Waals surface area (Å²) in [6, 6.07) is 15.4. The van der Waals surface area contributed by atoms with Crippen LogP contribution in [0.5, 0.6) is 0 Å². The van der Waals surface area contributed by atoms with E-state index in [2.05, 4.69) is 10.2 Å². The van der Waals surface area contributed by atoms with Gasteiger partial charge in [0.05, 0.1) is 27.6 Å². The summed E-state index contributed by atoms with van der Waals surface area (Å²) in [6.45, 7) is 2.02. The normalized spacial score (nSPS) is 26.7. The summed E-state index contributed by atoms with van der Waals surface area (Å²) in [5, 5.41) is 27.6. The number of amides is 1. The molecule has 0 saturated carbocycles. The molecule has 5 aromatic rings. The first-order chi connectivity index (χ1) is 16.9. The van der Waals surface area contributed by atoms with Crippen LogP contribution >= 0.6 is 0 Å². The van der Waals surface area contributed by atoms with Crippen molar-refractivity contribution in [3.63, 3.8) is 0 Å². The van der Waals surface area contributed by atoms with Crippen LogP contribution in [0.2, 0.25) is 0 Å². The Labute approximate surface area is 197 Å². The fourth-order valence-electron chi connectivity index (χ4n) is 6.80. The topological polar surface area (TPSA) is 115 Å². The predicted molar refractivity (Wildman–Crippen MR) is 126 cm³/mol. The van der Waals surface area contributed by atoms with E-state index in [1.165, 1.54) is 0 Å². The molecular weight excluding hydrogens is 450 g/mol. The average molecular weight is 469 g/mol. The van der Waals surface area contributed by atoms with Crippen LogP contribution in [-0.4, -0.2) is 37.0 Å². The van der Waals surface area contributed by atoms with Gasteiger partial charge in [-0.25, -0.2) is 4.79 Å². The molecule has 1 amide bonds. The number of benzene rings is 3. The number of aromatic nitrogens is 2. The zero-order valence-electron chi connectivity index (χ0n) is 18.5. The van der Waals surface area contributed by atoms with Gasteiger partial charge in [0, 0.05) is 34.5 Å². The monoisotopic (exact) mass is 469 g/mol. The quantitative estimate of drug-likeness (QED) is 0.256. The molecule has 3 N–H and O–H groups in total. The molecule has 9 heteroatoms. The van der Waals surface area contributed by atoms with E-state index in [0.717, 1.165) is 49.2 Å². The molecule has 1 fully saturated rings. The molecule has 2 bridgehead atoms. The molecule has 1 unspecified atom stereocenters. The van der Waals surface area contributed by atoms with Gasteiger partial charge in [0.15, 0.2) is 5.72 Å². The Hall–Kier alpha value is -3.92. The molecule has 3 aliphatic heterocycles. The van der Waals surface area contributed by atoms with E-state index in [-0.39, 0.29) is 12.3 Å². The first-order valence-electron chi connectivity index (χ1n) is 11.5.